The third-order valence-electron chi connectivity index (χ3n) is 7.74. The van der Waals surface area contributed by atoms with Crippen molar-refractivity contribution >= 4 is 17.6 Å². The number of aliphatic imine (C=N–C) groups is 1. The van der Waals surface area contributed by atoms with Gasteiger partial charge in [0.05, 0.1) is 25.9 Å². The number of hydrogen-bond donors (Lipinski definition) is 1. The lowest BCUT2D eigenvalue weighted by molar-refractivity contribution is 0.184. The number of hydrogen-bond acceptors (Lipinski definition) is 5. The van der Waals surface area contributed by atoms with E-state index in [4.69, 9.17) is 14.5 Å². The molecular formula is C28H36N4O3. The van der Waals surface area contributed by atoms with E-state index < -0.39 is 5.54 Å². The van der Waals surface area contributed by atoms with E-state index in [1.807, 2.05) is 41.3 Å². The highest BCUT2D eigenvalue weighted by Crippen LogP contribution is 2.40. The molecule has 2 amide bonds. The van der Waals surface area contributed by atoms with Crippen LogP contribution in [0.4, 0.5) is 10.5 Å². The Morgan fingerprint density at radius 1 is 0.971 bits per heavy atom. The summed E-state index contributed by atoms with van der Waals surface area (Å²) in [5, 5.41) is 3.19. The van der Waals surface area contributed by atoms with Gasteiger partial charge in [-0.25, -0.2) is 4.79 Å². The number of benzene rings is 2. The molecule has 1 saturated carbocycles. The van der Waals surface area contributed by atoms with Crippen molar-refractivity contribution in [3.8, 4) is 11.5 Å². The third kappa shape index (κ3) is 4.87. The molecule has 0 atom stereocenters. The van der Waals surface area contributed by atoms with Crippen molar-refractivity contribution in [1.82, 2.24) is 10.2 Å². The zero-order valence-electron chi connectivity index (χ0n) is 20.8. The predicted octanol–water partition coefficient (Wildman–Crippen LogP) is 5.00. The molecule has 2 aromatic carbocycles. The van der Waals surface area contributed by atoms with Gasteiger partial charge in [0.1, 0.15) is 22.9 Å². The highest BCUT2D eigenvalue weighted by Gasteiger charge is 2.53. The molecule has 1 spiro atoms. The van der Waals surface area contributed by atoms with Gasteiger partial charge < -0.3 is 9.47 Å². The smallest absolute Gasteiger partial charge is 0.328 e. The monoisotopic (exact) mass is 476 g/mol. The Kier molecular flexibility index (Phi) is 6.95. The summed E-state index contributed by atoms with van der Waals surface area (Å²) < 4.78 is 10.8. The van der Waals surface area contributed by atoms with Gasteiger partial charge in [-0.2, -0.15) is 0 Å². The second-order valence-electron chi connectivity index (χ2n) is 9.89. The summed E-state index contributed by atoms with van der Waals surface area (Å²) in [7, 11) is 3.35. The number of nitrogens with one attached hydrogen (secondary N) is 1. The van der Waals surface area contributed by atoms with Crippen LogP contribution in [0.3, 0.4) is 0 Å². The highest BCUT2D eigenvalue weighted by molar-refractivity contribution is 6.19. The van der Waals surface area contributed by atoms with Crippen LogP contribution in [-0.4, -0.2) is 55.7 Å². The third-order valence-corrected chi connectivity index (χ3v) is 7.74. The molecule has 0 aromatic heterocycles. The van der Waals surface area contributed by atoms with Gasteiger partial charge in [-0.1, -0.05) is 37.5 Å². The fourth-order valence-corrected chi connectivity index (χ4v) is 5.76. The maximum Gasteiger partial charge on any atom is 0.328 e. The first-order chi connectivity index (χ1) is 17.1. The number of urea groups is 1. The number of amides is 2. The van der Waals surface area contributed by atoms with Gasteiger partial charge in [-0.15, -0.1) is 0 Å². The van der Waals surface area contributed by atoms with Gasteiger partial charge in [0.2, 0.25) is 0 Å². The van der Waals surface area contributed by atoms with E-state index in [2.05, 4.69) is 22.3 Å². The second-order valence-corrected chi connectivity index (χ2v) is 9.89. The fourth-order valence-electron chi connectivity index (χ4n) is 5.76. The van der Waals surface area contributed by atoms with Crippen LogP contribution in [0.15, 0.2) is 53.5 Å². The topological polar surface area (TPSA) is 66.4 Å². The number of carbonyl (C=O) groups excluding carboxylic acids is 1. The molecular weight excluding hydrogens is 440 g/mol. The van der Waals surface area contributed by atoms with Crippen molar-refractivity contribution in [3.05, 3.63) is 54.1 Å². The van der Waals surface area contributed by atoms with Gasteiger partial charge >= 0.3 is 6.03 Å². The minimum atomic E-state index is -0.447. The Morgan fingerprint density at radius 3 is 2.37 bits per heavy atom. The van der Waals surface area contributed by atoms with Crippen molar-refractivity contribution in [2.24, 2.45) is 4.99 Å². The molecule has 0 radical (unpaired) electrons. The maximum atomic E-state index is 13.4. The molecule has 3 fully saturated rings. The molecule has 2 saturated heterocycles. The van der Waals surface area contributed by atoms with Crippen LogP contribution in [0, 0.1) is 0 Å². The quantitative estimate of drug-likeness (QED) is 0.637. The van der Waals surface area contributed by atoms with Crippen molar-refractivity contribution in [3.63, 3.8) is 0 Å². The largest absolute Gasteiger partial charge is 0.497 e. The number of rotatable bonds is 6. The fraction of sp³-hybridized carbons (Fsp3) is 0.500. The Morgan fingerprint density at radius 2 is 1.69 bits per heavy atom. The molecule has 7 heteroatoms. The number of methoxy groups -OCH3 is 2. The number of piperidine rings is 1. The Balaban J connectivity index is 1.41. The standard InChI is InChI=1S/C28H36N4O3/c1-34-24-13-11-21(12-14-24)20-31-17-15-28(16-18-31)26(29-22-7-4-3-5-8-22)30-27(33)32(28)23-9-6-10-25(19-23)35-2/h6,9-14,19,22H,3-5,7-8,15-18,20H2,1-2H3,(H,29,30,33). The summed E-state index contributed by atoms with van der Waals surface area (Å²) >= 11 is 0. The molecule has 5 rings (SSSR count). The first kappa shape index (κ1) is 23.7. The molecule has 7 nitrogen and oxygen atoms in total. The Labute approximate surface area is 208 Å². The maximum absolute atomic E-state index is 13.4. The molecule has 186 valence electrons. The average molecular weight is 477 g/mol. The lowest BCUT2D eigenvalue weighted by Gasteiger charge is -2.44. The lowest BCUT2D eigenvalue weighted by Crippen LogP contribution is -2.57. The van der Waals surface area contributed by atoms with E-state index in [-0.39, 0.29) is 6.03 Å². The van der Waals surface area contributed by atoms with Gasteiger partial charge in [-0.05, 0) is 55.5 Å². The van der Waals surface area contributed by atoms with E-state index in [0.29, 0.717) is 6.04 Å². The molecule has 0 unspecified atom stereocenters. The van der Waals surface area contributed by atoms with E-state index in [9.17, 15) is 4.79 Å². The van der Waals surface area contributed by atoms with Crippen LogP contribution in [0.1, 0.15) is 50.5 Å². The molecule has 3 aliphatic rings. The number of nitrogens with zero attached hydrogens (tertiary/aromatic N) is 3. The SMILES string of the molecule is COc1ccc(CN2CCC3(CC2)C(=NC2CCCCC2)NC(=O)N3c2cccc(OC)c2)cc1. The summed E-state index contributed by atoms with van der Waals surface area (Å²) in [5.74, 6) is 2.49. The van der Waals surface area contributed by atoms with Gasteiger partial charge in [0, 0.05) is 25.7 Å². The number of anilines is 1. The Bertz CT molecular complexity index is 1050. The van der Waals surface area contributed by atoms with Crippen molar-refractivity contribution in [2.75, 3.05) is 32.2 Å². The van der Waals surface area contributed by atoms with Crippen LogP contribution >= 0.6 is 0 Å². The number of carbonyl (C=O) groups is 1. The van der Waals surface area contributed by atoms with E-state index in [0.717, 1.165) is 68.3 Å². The molecule has 35 heavy (non-hydrogen) atoms. The van der Waals surface area contributed by atoms with Gasteiger partial charge in [-0.3, -0.25) is 20.1 Å². The molecule has 1 aliphatic carbocycles. The molecule has 2 aliphatic heterocycles. The zero-order valence-corrected chi connectivity index (χ0v) is 20.8. The summed E-state index contributed by atoms with van der Waals surface area (Å²) in [6.45, 7) is 2.67. The van der Waals surface area contributed by atoms with Crippen LogP contribution in [-0.2, 0) is 6.54 Å². The van der Waals surface area contributed by atoms with E-state index in [1.165, 1.54) is 24.8 Å². The summed E-state index contributed by atoms with van der Waals surface area (Å²) in [5.41, 5.74) is 1.68. The molecule has 1 N–H and O–H groups in total. The molecule has 0 bridgehead atoms. The first-order valence-corrected chi connectivity index (χ1v) is 12.8. The number of amidine groups is 1. The predicted molar refractivity (Wildman–Crippen MR) is 139 cm³/mol. The van der Waals surface area contributed by atoms with E-state index in [1.54, 1.807) is 14.2 Å². The summed E-state index contributed by atoms with van der Waals surface area (Å²) in [6, 6.07) is 16.3. The molecule has 2 aromatic rings. The summed E-state index contributed by atoms with van der Waals surface area (Å²) in [4.78, 5) is 23.0. The zero-order chi connectivity index (χ0) is 24.3. The van der Waals surface area contributed by atoms with Crippen LogP contribution < -0.4 is 19.7 Å². The molecule has 2 heterocycles. The van der Waals surface area contributed by atoms with Gasteiger partial charge in [0.15, 0.2) is 0 Å². The number of likely N-dealkylation sites (tertiary alicyclic amines) is 1. The number of ether oxygens (including phenoxy) is 2. The Hall–Kier alpha value is -3.06. The van der Waals surface area contributed by atoms with Gasteiger partial charge in [0.25, 0.3) is 0 Å². The van der Waals surface area contributed by atoms with Crippen LogP contribution in [0.5, 0.6) is 11.5 Å². The average Bonchev–Trinajstić information content (AvgIpc) is 3.16. The minimum absolute atomic E-state index is 0.0867. The first-order valence-electron chi connectivity index (χ1n) is 12.8. The normalized spacial score (nSPS) is 21.9. The van der Waals surface area contributed by atoms with Crippen LogP contribution in [0.2, 0.25) is 0 Å². The minimum Gasteiger partial charge on any atom is -0.497 e. The lowest BCUT2D eigenvalue weighted by atomic mass is 9.84. The van der Waals surface area contributed by atoms with Crippen molar-refractivity contribution in [2.45, 2.75) is 63.1 Å². The highest BCUT2D eigenvalue weighted by atomic mass is 16.5. The van der Waals surface area contributed by atoms with Crippen molar-refractivity contribution < 1.29 is 14.3 Å². The summed E-state index contributed by atoms with van der Waals surface area (Å²) in [6.07, 6.45) is 7.62. The van der Waals surface area contributed by atoms with Crippen molar-refractivity contribution in [1.29, 1.82) is 0 Å². The van der Waals surface area contributed by atoms with Crippen LogP contribution in [0.25, 0.3) is 0 Å². The second kappa shape index (κ2) is 10.3. The van der Waals surface area contributed by atoms with E-state index >= 15 is 0 Å².